The number of rotatable bonds is 3. The van der Waals surface area contributed by atoms with E-state index in [1.165, 1.54) is 51.6 Å². The molecule has 0 aromatic rings. The summed E-state index contributed by atoms with van der Waals surface area (Å²) in [6.45, 7) is 4.47. The van der Waals surface area contributed by atoms with Crippen molar-refractivity contribution in [2.24, 2.45) is 11.7 Å². The minimum atomic E-state index is 0.262. The Kier molecular flexibility index (Phi) is 5.17. The first kappa shape index (κ1) is 15.3. The third-order valence-corrected chi connectivity index (χ3v) is 5.86. The number of amides is 1. The first-order chi connectivity index (χ1) is 10.2. The lowest BCUT2D eigenvalue weighted by atomic mass is 9.99. The highest BCUT2D eigenvalue weighted by molar-refractivity contribution is 5.76. The second kappa shape index (κ2) is 7.10. The summed E-state index contributed by atoms with van der Waals surface area (Å²) in [7, 11) is 0. The molecule has 2 heterocycles. The molecular formula is C17H31N3O. The van der Waals surface area contributed by atoms with Gasteiger partial charge in [-0.3, -0.25) is 4.79 Å². The Hall–Kier alpha value is -0.610. The second-order valence-corrected chi connectivity index (χ2v) is 7.27. The van der Waals surface area contributed by atoms with Gasteiger partial charge >= 0.3 is 0 Å². The average molecular weight is 293 g/mol. The van der Waals surface area contributed by atoms with Crippen molar-refractivity contribution in [1.29, 1.82) is 0 Å². The fraction of sp³-hybridized carbons (Fsp3) is 0.941. The lowest BCUT2D eigenvalue weighted by Gasteiger charge is -2.27. The van der Waals surface area contributed by atoms with Crippen molar-refractivity contribution < 1.29 is 4.79 Å². The highest BCUT2D eigenvalue weighted by Crippen LogP contribution is 2.28. The average Bonchev–Trinajstić information content (AvgIpc) is 3.07. The zero-order chi connectivity index (χ0) is 14.7. The van der Waals surface area contributed by atoms with E-state index in [1.807, 2.05) is 0 Å². The molecule has 3 rings (SSSR count). The van der Waals surface area contributed by atoms with Gasteiger partial charge < -0.3 is 15.5 Å². The highest BCUT2D eigenvalue weighted by atomic mass is 16.2. The molecule has 2 N–H and O–H groups in total. The van der Waals surface area contributed by atoms with Crippen LogP contribution < -0.4 is 5.73 Å². The van der Waals surface area contributed by atoms with Crippen LogP contribution in [-0.4, -0.2) is 54.0 Å². The Morgan fingerprint density at radius 1 is 0.905 bits per heavy atom. The molecule has 4 heteroatoms. The van der Waals surface area contributed by atoms with Crippen LogP contribution in [0, 0.1) is 5.92 Å². The van der Waals surface area contributed by atoms with E-state index in [-0.39, 0.29) is 6.04 Å². The fourth-order valence-electron chi connectivity index (χ4n) is 4.47. The molecule has 2 aliphatic heterocycles. The van der Waals surface area contributed by atoms with E-state index in [1.54, 1.807) is 0 Å². The van der Waals surface area contributed by atoms with E-state index in [4.69, 9.17) is 5.73 Å². The minimum Gasteiger partial charge on any atom is -0.343 e. The smallest absolute Gasteiger partial charge is 0.222 e. The predicted octanol–water partition coefficient (Wildman–Crippen LogP) is 1.98. The van der Waals surface area contributed by atoms with Crippen molar-refractivity contribution in [2.75, 3.05) is 26.2 Å². The lowest BCUT2D eigenvalue weighted by Crippen LogP contribution is -2.37. The number of nitrogens with two attached hydrogens (primary N) is 1. The molecule has 1 saturated carbocycles. The Labute approximate surface area is 129 Å². The zero-order valence-electron chi connectivity index (χ0n) is 13.3. The van der Waals surface area contributed by atoms with Gasteiger partial charge in [-0.25, -0.2) is 0 Å². The van der Waals surface area contributed by atoms with Crippen molar-refractivity contribution in [3.05, 3.63) is 0 Å². The van der Waals surface area contributed by atoms with Crippen molar-refractivity contribution >= 4 is 5.91 Å². The number of carbonyl (C=O) groups is 1. The van der Waals surface area contributed by atoms with Crippen LogP contribution in [0.3, 0.4) is 0 Å². The van der Waals surface area contributed by atoms with E-state index in [0.29, 0.717) is 18.2 Å². The van der Waals surface area contributed by atoms with Crippen LogP contribution in [0.2, 0.25) is 0 Å². The van der Waals surface area contributed by atoms with Crippen molar-refractivity contribution in [1.82, 2.24) is 9.80 Å². The topological polar surface area (TPSA) is 49.6 Å². The highest BCUT2D eigenvalue weighted by Gasteiger charge is 2.30. The van der Waals surface area contributed by atoms with E-state index in [2.05, 4.69) is 9.80 Å². The molecule has 0 bridgehead atoms. The summed E-state index contributed by atoms with van der Waals surface area (Å²) in [4.78, 5) is 17.3. The summed E-state index contributed by atoms with van der Waals surface area (Å²) in [5.74, 6) is 0.801. The summed E-state index contributed by atoms with van der Waals surface area (Å²) in [6, 6.07) is 0.984. The Morgan fingerprint density at radius 2 is 1.71 bits per heavy atom. The molecule has 0 spiro atoms. The van der Waals surface area contributed by atoms with Crippen LogP contribution in [0.1, 0.15) is 57.8 Å². The Bertz CT molecular complexity index is 354. The first-order valence-electron chi connectivity index (χ1n) is 9.01. The molecule has 2 saturated heterocycles. The van der Waals surface area contributed by atoms with Gasteiger partial charge in [0.2, 0.25) is 5.91 Å². The van der Waals surface area contributed by atoms with Crippen molar-refractivity contribution in [2.45, 2.75) is 69.9 Å². The molecule has 0 radical (unpaired) electrons. The molecule has 3 fully saturated rings. The molecule has 3 aliphatic rings. The summed E-state index contributed by atoms with van der Waals surface area (Å²) in [5, 5.41) is 0. The molecule has 120 valence electrons. The molecule has 1 unspecified atom stereocenters. The zero-order valence-corrected chi connectivity index (χ0v) is 13.3. The third kappa shape index (κ3) is 3.78. The molecule has 21 heavy (non-hydrogen) atoms. The van der Waals surface area contributed by atoms with Crippen LogP contribution in [0.5, 0.6) is 0 Å². The van der Waals surface area contributed by atoms with Gasteiger partial charge in [-0.1, -0.05) is 6.42 Å². The number of hydrogen-bond donors (Lipinski definition) is 1. The van der Waals surface area contributed by atoms with Gasteiger partial charge in [-0.2, -0.15) is 0 Å². The Balaban J connectivity index is 1.48. The quantitative estimate of drug-likeness (QED) is 0.865. The first-order valence-corrected chi connectivity index (χ1v) is 9.01. The number of nitrogens with zero attached hydrogens (tertiary/aromatic N) is 2. The minimum absolute atomic E-state index is 0.262. The maximum Gasteiger partial charge on any atom is 0.222 e. The van der Waals surface area contributed by atoms with Crippen LogP contribution in [0.25, 0.3) is 0 Å². The van der Waals surface area contributed by atoms with Gasteiger partial charge in [0, 0.05) is 31.6 Å². The number of hydrogen-bond acceptors (Lipinski definition) is 3. The monoisotopic (exact) mass is 293 g/mol. The second-order valence-electron chi connectivity index (χ2n) is 7.27. The fourth-order valence-corrected chi connectivity index (χ4v) is 4.47. The SMILES string of the molecule is N[C@@H]1CCC[C@H]1CC(=O)N1CCCC(N2CCCC2)CC1. The van der Waals surface area contributed by atoms with Gasteiger partial charge in [0.1, 0.15) is 0 Å². The summed E-state index contributed by atoms with van der Waals surface area (Å²) < 4.78 is 0. The largest absolute Gasteiger partial charge is 0.343 e. The predicted molar refractivity (Wildman–Crippen MR) is 85.0 cm³/mol. The third-order valence-electron chi connectivity index (χ3n) is 5.86. The molecular weight excluding hydrogens is 262 g/mol. The van der Waals surface area contributed by atoms with Crippen LogP contribution in [0.15, 0.2) is 0 Å². The Morgan fingerprint density at radius 3 is 2.43 bits per heavy atom. The summed E-state index contributed by atoms with van der Waals surface area (Å²) in [5.41, 5.74) is 6.12. The molecule has 1 aliphatic carbocycles. The van der Waals surface area contributed by atoms with E-state index in [9.17, 15) is 4.79 Å². The normalized spacial score (nSPS) is 35.1. The van der Waals surface area contributed by atoms with Gasteiger partial charge in [-0.05, 0) is 64.0 Å². The van der Waals surface area contributed by atoms with Crippen molar-refractivity contribution in [3.63, 3.8) is 0 Å². The standard InChI is InChI=1S/C17H31N3O/c18-16-7-3-5-14(16)13-17(21)20-11-4-6-15(8-12-20)19-9-1-2-10-19/h14-16H,1-13,18H2/t14-,15?,16+/m0/s1. The molecule has 0 aromatic carbocycles. The van der Waals surface area contributed by atoms with Gasteiger partial charge in [0.25, 0.3) is 0 Å². The molecule has 3 atom stereocenters. The van der Waals surface area contributed by atoms with E-state index in [0.717, 1.165) is 32.0 Å². The van der Waals surface area contributed by atoms with Crippen LogP contribution in [0.4, 0.5) is 0 Å². The van der Waals surface area contributed by atoms with E-state index < -0.39 is 0 Å². The maximum atomic E-state index is 12.5. The summed E-state index contributed by atoms with van der Waals surface area (Å²) in [6.07, 6.45) is 10.5. The summed E-state index contributed by atoms with van der Waals surface area (Å²) >= 11 is 0. The van der Waals surface area contributed by atoms with Crippen molar-refractivity contribution in [3.8, 4) is 0 Å². The molecule has 0 aromatic heterocycles. The van der Waals surface area contributed by atoms with Crippen LogP contribution >= 0.6 is 0 Å². The van der Waals surface area contributed by atoms with Gasteiger partial charge in [-0.15, -0.1) is 0 Å². The van der Waals surface area contributed by atoms with Gasteiger partial charge in [0.15, 0.2) is 0 Å². The van der Waals surface area contributed by atoms with Gasteiger partial charge in [0.05, 0.1) is 0 Å². The molecule has 4 nitrogen and oxygen atoms in total. The van der Waals surface area contributed by atoms with E-state index >= 15 is 0 Å². The number of carbonyl (C=O) groups excluding carboxylic acids is 1. The maximum absolute atomic E-state index is 12.5. The van der Waals surface area contributed by atoms with Crippen LogP contribution in [-0.2, 0) is 4.79 Å². The lowest BCUT2D eigenvalue weighted by molar-refractivity contribution is -0.132. The number of likely N-dealkylation sites (tertiary alicyclic amines) is 2. The molecule has 1 amide bonds.